The lowest BCUT2D eigenvalue weighted by Gasteiger charge is -2.12. The molecule has 0 unspecified atom stereocenters. The summed E-state index contributed by atoms with van der Waals surface area (Å²) in [6, 6.07) is 3.40. The summed E-state index contributed by atoms with van der Waals surface area (Å²) in [7, 11) is 0. The van der Waals surface area contributed by atoms with Crippen molar-refractivity contribution in [2.75, 3.05) is 5.32 Å². The standard InChI is InChI=1S/C12H15NO3/c1-7-8(2)12(16-10(4)15)6-5-11(7)13-9(3)14/h5-6H,1-4H3,(H,13,14). The molecule has 0 saturated carbocycles. The van der Waals surface area contributed by atoms with Crippen LogP contribution in [0.1, 0.15) is 25.0 Å². The van der Waals surface area contributed by atoms with Crippen LogP contribution < -0.4 is 10.1 Å². The van der Waals surface area contributed by atoms with Crippen LogP contribution in [0.25, 0.3) is 0 Å². The van der Waals surface area contributed by atoms with E-state index in [0.717, 1.165) is 16.8 Å². The lowest BCUT2D eigenvalue weighted by atomic mass is 10.1. The predicted molar refractivity (Wildman–Crippen MR) is 61.5 cm³/mol. The largest absolute Gasteiger partial charge is 0.426 e. The first-order valence-corrected chi connectivity index (χ1v) is 4.98. The van der Waals surface area contributed by atoms with Crippen LogP contribution in [0.2, 0.25) is 0 Å². The Bertz CT molecular complexity index is 397. The van der Waals surface area contributed by atoms with Crippen LogP contribution in [0.3, 0.4) is 0 Å². The first-order valence-electron chi connectivity index (χ1n) is 4.98. The highest BCUT2D eigenvalue weighted by Crippen LogP contribution is 2.27. The molecular weight excluding hydrogens is 206 g/mol. The van der Waals surface area contributed by atoms with Crippen LogP contribution in [0.15, 0.2) is 12.1 Å². The molecule has 16 heavy (non-hydrogen) atoms. The third-order valence-electron chi connectivity index (χ3n) is 2.30. The van der Waals surface area contributed by atoms with Crippen molar-refractivity contribution in [3.63, 3.8) is 0 Å². The molecule has 0 heterocycles. The SMILES string of the molecule is CC(=O)Nc1ccc(OC(C)=O)c(C)c1C. The van der Waals surface area contributed by atoms with E-state index in [0.29, 0.717) is 5.75 Å². The van der Waals surface area contributed by atoms with Crippen LogP contribution >= 0.6 is 0 Å². The Morgan fingerprint density at radius 2 is 1.75 bits per heavy atom. The van der Waals surface area contributed by atoms with Crippen molar-refractivity contribution in [3.8, 4) is 5.75 Å². The molecule has 0 bridgehead atoms. The maximum absolute atomic E-state index is 10.9. The average molecular weight is 221 g/mol. The molecule has 0 radical (unpaired) electrons. The minimum Gasteiger partial charge on any atom is -0.426 e. The second kappa shape index (κ2) is 4.79. The average Bonchev–Trinajstić information content (AvgIpc) is 2.16. The van der Waals surface area contributed by atoms with Crippen LogP contribution in [-0.2, 0) is 9.59 Å². The van der Waals surface area contributed by atoms with E-state index in [9.17, 15) is 9.59 Å². The van der Waals surface area contributed by atoms with Gasteiger partial charge in [-0.3, -0.25) is 9.59 Å². The number of rotatable bonds is 2. The highest BCUT2D eigenvalue weighted by Gasteiger charge is 2.09. The molecule has 0 saturated heterocycles. The number of hydrogen-bond donors (Lipinski definition) is 1. The summed E-state index contributed by atoms with van der Waals surface area (Å²) in [6.45, 7) is 6.53. The molecule has 0 aliphatic rings. The zero-order valence-corrected chi connectivity index (χ0v) is 9.88. The summed E-state index contributed by atoms with van der Waals surface area (Å²) in [5, 5.41) is 2.72. The van der Waals surface area contributed by atoms with Crippen molar-refractivity contribution in [2.45, 2.75) is 27.7 Å². The first kappa shape index (κ1) is 12.2. The van der Waals surface area contributed by atoms with Gasteiger partial charge in [-0.15, -0.1) is 0 Å². The number of amides is 1. The van der Waals surface area contributed by atoms with Crippen LogP contribution in [-0.4, -0.2) is 11.9 Å². The number of carbonyl (C=O) groups is 2. The minimum absolute atomic E-state index is 0.122. The van der Waals surface area contributed by atoms with Gasteiger partial charge in [-0.2, -0.15) is 0 Å². The molecule has 0 spiro atoms. The van der Waals surface area contributed by atoms with Crippen molar-refractivity contribution < 1.29 is 14.3 Å². The highest BCUT2D eigenvalue weighted by molar-refractivity contribution is 5.90. The Balaban J connectivity index is 3.07. The van der Waals surface area contributed by atoms with Gasteiger partial charge >= 0.3 is 5.97 Å². The number of benzene rings is 1. The summed E-state index contributed by atoms with van der Waals surface area (Å²) in [5.41, 5.74) is 2.48. The van der Waals surface area contributed by atoms with E-state index >= 15 is 0 Å². The molecule has 1 N–H and O–H groups in total. The van der Waals surface area contributed by atoms with Crippen molar-refractivity contribution in [2.24, 2.45) is 0 Å². The Morgan fingerprint density at radius 3 is 2.25 bits per heavy atom. The Morgan fingerprint density at radius 1 is 1.12 bits per heavy atom. The maximum atomic E-state index is 10.9. The molecule has 0 aromatic heterocycles. The zero-order chi connectivity index (χ0) is 12.3. The van der Waals surface area contributed by atoms with Crippen molar-refractivity contribution in [1.82, 2.24) is 0 Å². The second-order valence-corrected chi connectivity index (χ2v) is 3.64. The third kappa shape index (κ3) is 2.82. The predicted octanol–water partition coefficient (Wildman–Crippen LogP) is 2.19. The van der Waals surface area contributed by atoms with E-state index in [1.807, 2.05) is 13.8 Å². The van der Waals surface area contributed by atoms with E-state index < -0.39 is 0 Å². The first-order chi connectivity index (χ1) is 7.41. The Kier molecular flexibility index (Phi) is 3.66. The van der Waals surface area contributed by atoms with Gasteiger partial charge in [-0.05, 0) is 37.1 Å². The minimum atomic E-state index is -0.352. The molecule has 1 amide bonds. The van der Waals surface area contributed by atoms with Gasteiger partial charge in [0.05, 0.1) is 0 Å². The third-order valence-corrected chi connectivity index (χ3v) is 2.30. The fourth-order valence-electron chi connectivity index (χ4n) is 1.39. The molecule has 0 aliphatic carbocycles. The van der Waals surface area contributed by atoms with Crippen LogP contribution in [0.4, 0.5) is 5.69 Å². The maximum Gasteiger partial charge on any atom is 0.308 e. The monoisotopic (exact) mass is 221 g/mol. The second-order valence-electron chi connectivity index (χ2n) is 3.64. The number of esters is 1. The van der Waals surface area contributed by atoms with Gasteiger partial charge in [0.25, 0.3) is 0 Å². The van der Waals surface area contributed by atoms with E-state index in [1.54, 1.807) is 12.1 Å². The van der Waals surface area contributed by atoms with Crippen molar-refractivity contribution in [1.29, 1.82) is 0 Å². The Labute approximate surface area is 94.6 Å². The van der Waals surface area contributed by atoms with Crippen LogP contribution in [0, 0.1) is 13.8 Å². The quantitative estimate of drug-likeness (QED) is 0.615. The lowest BCUT2D eigenvalue weighted by Crippen LogP contribution is -2.09. The van der Waals surface area contributed by atoms with Gasteiger partial charge < -0.3 is 10.1 Å². The molecule has 0 atom stereocenters. The van der Waals surface area contributed by atoms with E-state index in [4.69, 9.17) is 4.74 Å². The van der Waals surface area contributed by atoms with Gasteiger partial charge in [-0.1, -0.05) is 0 Å². The van der Waals surface area contributed by atoms with Crippen LogP contribution in [0.5, 0.6) is 5.75 Å². The van der Waals surface area contributed by atoms with E-state index in [-0.39, 0.29) is 11.9 Å². The van der Waals surface area contributed by atoms with Gasteiger partial charge in [0.2, 0.25) is 5.91 Å². The van der Waals surface area contributed by atoms with Gasteiger partial charge in [0, 0.05) is 19.5 Å². The normalized spacial score (nSPS) is 9.75. The topological polar surface area (TPSA) is 55.4 Å². The summed E-state index contributed by atoms with van der Waals surface area (Å²) in [5.74, 6) is 0.0524. The molecular formula is C12H15NO3. The number of anilines is 1. The smallest absolute Gasteiger partial charge is 0.308 e. The van der Waals surface area contributed by atoms with Crippen molar-refractivity contribution in [3.05, 3.63) is 23.3 Å². The summed E-state index contributed by atoms with van der Waals surface area (Å²) < 4.78 is 5.03. The molecule has 1 aromatic carbocycles. The van der Waals surface area contributed by atoms with E-state index in [1.165, 1.54) is 13.8 Å². The van der Waals surface area contributed by atoms with Crippen molar-refractivity contribution >= 4 is 17.6 Å². The molecule has 1 aromatic rings. The van der Waals surface area contributed by atoms with Gasteiger partial charge in [0.15, 0.2) is 0 Å². The zero-order valence-electron chi connectivity index (χ0n) is 9.88. The number of hydrogen-bond acceptors (Lipinski definition) is 3. The van der Waals surface area contributed by atoms with E-state index in [2.05, 4.69) is 5.32 Å². The molecule has 4 nitrogen and oxygen atoms in total. The highest BCUT2D eigenvalue weighted by atomic mass is 16.5. The fraction of sp³-hybridized carbons (Fsp3) is 0.333. The number of carbonyl (C=O) groups excluding carboxylic acids is 2. The lowest BCUT2D eigenvalue weighted by molar-refractivity contribution is -0.131. The summed E-state index contributed by atoms with van der Waals surface area (Å²) >= 11 is 0. The Hall–Kier alpha value is -1.84. The van der Waals surface area contributed by atoms with Gasteiger partial charge in [0.1, 0.15) is 5.75 Å². The molecule has 86 valence electrons. The number of ether oxygens (including phenoxy) is 1. The summed E-state index contributed by atoms with van der Waals surface area (Å²) in [4.78, 5) is 21.8. The molecule has 4 heteroatoms. The summed E-state index contributed by atoms with van der Waals surface area (Å²) in [6.07, 6.45) is 0. The molecule has 1 rings (SSSR count). The number of nitrogens with one attached hydrogen (secondary N) is 1. The molecule has 0 fully saturated rings. The fourth-order valence-corrected chi connectivity index (χ4v) is 1.39. The molecule has 0 aliphatic heterocycles. The van der Waals surface area contributed by atoms with Gasteiger partial charge in [-0.25, -0.2) is 0 Å².